The fraction of sp³-hybridized carbons (Fsp3) is 0.440. The molecule has 0 spiro atoms. The number of allylic oxidation sites excluding steroid dienone is 1. The second-order valence-corrected chi connectivity index (χ2v) is 11.8. The summed E-state index contributed by atoms with van der Waals surface area (Å²) in [5.41, 5.74) is 7.74. The molecule has 0 aliphatic heterocycles. The van der Waals surface area contributed by atoms with E-state index in [9.17, 15) is 4.79 Å². The zero-order chi connectivity index (χ0) is 25.7. The van der Waals surface area contributed by atoms with Gasteiger partial charge in [-0.05, 0) is 25.5 Å². The number of carbonyl (C=O) groups excluding carboxylic acids is 1. The molecule has 36 heavy (non-hydrogen) atoms. The van der Waals surface area contributed by atoms with Crippen molar-refractivity contribution in [3.8, 4) is 5.75 Å². The van der Waals surface area contributed by atoms with Gasteiger partial charge in [0, 0.05) is 17.1 Å². The number of para-hydroxylation sites is 1. The molecule has 2 aromatic heterocycles. The molecule has 2 unspecified atom stereocenters. The van der Waals surface area contributed by atoms with Crippen molar-refractivity contribution < 1.29 is 18.4 Å². The topological polar surface area (TPSA) is 114 Å². The summed E-state index contributed by atoms with van der Waals surface area (Å²) in [7, 11) is -1.62. The van der Waals surface area contributed by atoms with Gasteiger partial charge >= 0.3 is 8.60 Å². The average Bonchev–Trinajstić information content (AvgIpc) is 3.47. The Kier molecular flexibility index (Phi) is 8.62. The minimum atomic E-state index is -1.62. The molecule has 3 atom stereocenters. The molecule has 192 valence electrons. The number of nitrogens with zero attached hydrogens (tertiary/aromatic N) is 4. The van der Waals surface area contributed by atoms with E-state index >= 15 is 0 Å². The second kappa shape index (κ2) is 11.7. The molecule has 2 N–H and O–H groups in total. The standard InChI is InChI=1S/C25H32N5O4PS/c1-17-21-22(29-24(26)28-17)30(16-27-21)19-11-10-18(14-19)15-33-35(34-20-8-6-5-7-9-20)32-12-13-36-23(31)25(2,3)4/h5-11,16,18-19H,12-15H2,1-4H3,(H2,26,28,29)/t18-,19?,35?/m1/s1. The molecule has 3 aromatic rings. The number of benzene rings is 1. The maximum Gasteiger partial charge on any atom is 0.397 e. The first-order valence-corrected chi connectivity index (χ1v) is 13.9. The summed E-state index contributed by atoms with van der Waals surface area (Å²) in [6.07, 6.45) is 6.90. The van der Waals surface area contributed by atoms with Crippen molar-refractivity contribution in [2.45, 2.75) is 40.2 Å². The van der Waals surface area contributed by atoms with Crippen molar-refractivity contribution in [3.05, 3.63) is 54.5 Å². The molecule has 0 radical (unpaired) electrons. The van der Waals surface area contributed by atoms with Gasteiger partial charge in [-0.3, -0.25) is 4.79 Å². The Morgan fingerprint density at radius 3 is 2.72 bits per heavy atom. The van der Waals surface area contributed by atoms with Gasteiger partial charge in [-0.25, -0.2) is 9.97 Å². The molecule has 11 heteroatoms. The summed E-state index contributed by atoms with van der Waals surface area (Å²) in [6, 6.07) is 9.56. The lowest BCUT2D eigenvalue weighted by Crippen LogP contribution is -2.17. The number of nitrogens with two attached hydrogens (primary N) is 1. The Morgan fingerprint density at radius 2 is 1.97 bits per heavy atom. The van der Waals surface area contributed by atoms with Gasteiger partial charge < -0.3 is 23.9 Å². The molecule has 2 heterocycles. The van der Waals surface area contributed by atoms with E-state index in [1.807, 2.05) is 62.6 Å². The van der Waals surface area contributed by atoms with Crippen LogP contribution in [0.5, 0.6) is 5.75 Å². The largest absolute Gasteiger partial charge is 0.427 e. The van der Waals surface area contributed by atoms with Gasteiger partial charge in [0.25, 0.3) is 0 Å². The van der Waals surface area contributed by atoms with Crippen LogP contribution >= 0.6 is 20.4 Å². The molecule has 9 nitrogen and oxygen atoms in total. The lowest BCUT2D eigenvalue weighted by molar-refractivity contribution is -0.117. The van der Waals surface area contributed by atoms with Crippen LogP contribution in [0.2, 0.25) is 0 Å². The van der Waals surface area contributed by atoms with Crippen LogP contribution in [0.1, 0.15) is 38.9 Å². The molecule has 1 aliphatic rings. The number of rotatable bonds is 10. The first-order chi connectivity index (χ1) is 17.2. The van der Waals surface area contributed by atoms with Crippen LogP contribution in [-0.4, -0.2) is 43.6 Å². The van der Waals surface area contributed by atoms with Gasteiger partial charge in [-0.1, -0.05) is 62.9 Å². The Hall–Kier alpha value is -2.52. The number of hydrogen-bond donors (Lipinski definition) is 1. The Balaban J connectivity index is 1.33. The summed E-state index contributed by atoms with van der Waals surface area (Å²) in [4.78, 5) is 25.2. The summed E-state index contributed by atoms with van der Waals surface area (Å²) in [5, 5.41) is 0.136. The highest BCUT2D eigenvalue weighted by molar-refractivity contribution is 8.13. The van der Waals surface area contributed by atoms with Crippen molar-refractivity contribution in [2.24, 2.45) is 11.3 Å². The van der Waals surface area contributed by atoms with Gasteiger partial charge in [0.2, 0.25) is 5.95 Å². The molecule has 0 amide bonds. The molecule has 0 saturated heterocycles. The SMILES string of the molecule is Cc1nc(N)nc2c1ncn2C1C=C[C@@H](COP(OCCSC(=O)C(C)(C)C)Oc2ccccc2)C1. The van der Waals surface area contributed by atoms with Gasteiger partial charge in [0.05, 0.1) is 31.3 Å². The fourth-order valence-corrected chi connectivity index (χ4v) is 5.62. The number of fused-ring (bicyclic) bond motifs is 1. The normalized spacial score (nSPS) is 18.6. The van der Waals surface area contributed by atoms with E-state index in [2.05, 4.69) is 27.1 Å². The number of carbonyl (C=O) groups is 1. The zero-order valence-corrected chi connectivity index (χ0v) is 22.7. The van der Waals surface area contributed by atoms with E-state index in [-0.39, 0.29) is 28.4 Å². The van der Waals surface area contributed by atoms with Crippen molar-refractivity contribution in [3.63, 3.8) is 0 Å². The maximum absolute atomic E-state index is 12.2. The number of anilines is 1. The van der Waals surface area contributed by atoms with Gasteiger partial charge in [-0.15, -0.1) is 0 Å². The van der Waals surface area contributed by atoms with E-state index in [1.165, 1.54) is 11.8 Å². The Bertz CT molecular complexity index is 1210. The van der Waals surface area contributed by atoms with Crippen molar-refractivity contribution in [1.82, 2.24) is 19.5 Å². The lowest BCUT2D eigenvalue weighted by Gasteiger charge is -2.20. The van der Waals surface area contributed by atoms with Crippen LogP contribution in [0.25, 0.3) is 11.2 Å². The van der Waals surface area contributed by atoms with Crippen LogP contribution in [-0.2, 0) is 13.8 Å². The molecule has 0 bridgehead atoms. The van der Waals surface area contributed by atoms with Gasteiger partial charge in [-0.2, -0.15) is 4.98 Å². The first-order valence-electron chi connectivity index (χ1n) is 11.8. The molecular formula is C25H32N5O4PS. The van der Waals surface area contributed by atoms with Crippen molar-refractivity contribution >= 4 is 42.6 Å². The number of aryl methyl sites for hydroxylation is 1. The molecule has 1 aliphatic carbocycles. The van der Waals surface area contributed by atoms with E-state index in [0.717, 1.165) is 23.3 Å². The molecule has 1 aromatic carbocycles. The highest BCUT2D eigenvalue weighted by Crippen LogP contribution is 2.42. The van der Waals surface area contributed by atoms with E-state index in [1.54, 1.807) is 6.33 Å². The van der Waals surface area contributed by atoms with Crippen LogP contribution in [0.4, 0.5) is 5.95 Å². The average molecular weight is 530 g/mol. The predicted octanol–water partition coefficient (Wildman–Crippen LogP) is 5.48. The zero-order valence-electron chi connectivity index (χ0n) is 21.0. The fourth-order valence-electron chi connectivity index (χ4n) is 3.68. The van der Waals surface area contributed by atoms with Crippen LogP contribution in [0.15, 0.2) is 48.8 Å². The third kappa shape index (κ3) is 6.82. The van der Waals surface area contributed by atoms with Crippen LogP contribution in [0.3, 0.4) is 0 Å². The van der Waals surface area contributed by atoms with Crippen molar-refractivity contribution in [1.29, 1.82) is 0 Å². The third-order valence-electron chi connectivity index (χ3n) is 5.56. The highest BCUT2D eigenvalue weighted by atomic mass is 32.2. The number of imidazole rings is 1. The lowest BCUT2D eigenvalue weighted by atomic mass is 10.00. The van der Waals surface area contributed by atoms with E-state index < -0.39 is 8.60 Å². The smallest absolute Gasteiger partial charge is 0.397 e. The highest BCUT2D eigenvalue weighted by Gasteiger charge is 2.26. The minimum Gasteiger partial charge on any atom is -0.427 e. The van der Waals surface area contributed by atoms with Gasteiger partial charge in [0.15, 0.2) is 10.8 Å². The number of nitrogen functional groups attached to an aromatic ring is 1. The summed E-state index contributed by atoms with van der Waals surface area (Å²) in [5.74, 6) is 1.64. The molecule has 0 fully saturated rings. The number of aromatic nitrogens is 4. The molecular weight excluding hydrogens is 497 g/mol. The summed E-state index contributed by atoms with van der Waals surface area (Å²) < 4.78 is 20.0. The van der Waals surface area contributed by atoms with Crippen LogP contribution in [0, 0.1) is 18.3 Å². The molecule has 0 saturated carbocycles. The third-order valence-corrected chi connectivity index (χ3v) is 7.92. The Labute approximate surface area is 216 Å². The van der Waals surface area contributed by atoms with Gasteiger partial charge in [0.1, 0.15) is 11.3 Å². The summed E-state index contributed by atoms with van der Waals surface area (Å²) in [6.45, 7) is 8.42. The Morgan fingerprint density at radius 1 is 1.19 bits per heavy atom. The van der Waals surface area contributed by atoms with E-state index in [4.69, 9.17) is 19.3 Å². The second-order valence-electron chi connectivity index (χ2n) is 9.58. The molecule has 4 rings (SSSR count). The maximum atomic E-state index is 12.2. The van der Waals surface area contributed by atoms with Crippen LogP contribution < -0.4 is 10.3 Å². The summed E-state index contributed by atoms with van der Waals surface area (Å²) >= 11 is 1.27. The number of thioether (sulfide) groups is 1. The monoisotopic (exact) mass is 529 g/mol. The van der Waals surface area contributed by atoms with E-state index in [0.29, 0.717) is 24.7 Å². The predicted molar refractivity (Wildman–Crippen MR) is 144 cm³/mol. The first kappa shape index (κ1) is 26.5. The van der Waals surface area contributed by atoms with Crippen molar-refractivity contribution in [2.75, 3.05) is 24.7 Å². The quantitative estimate of drug-likeness (QED) is 0.207. The number of hydrogen-bond acceptors (Lipinski definition) is 9. The minimum absolute atomic E-state index is 0.0966.